The summed E-state index contributed by atoms with van der Waals surface area (Å²) in [5.74, 6) is 2.09. The number of H-pyrrole nitrogens is 1. The third kappa shape index (κ3) is 8.77. The van der Waals surface area contributed by atoms with E-state index in [0.717, 1.165) is 43.8 Å². The Bertz CT molecular complexity index is 888. The molecule has 0 radical (unpaired) electrons. The summed E-state index contributed by atoms with van der Waals surface area (Å²) in [5, 5.41) is 1.30. The number of benzene rings is 1. The number of aromatic nitrogens is 1. The second-order valence-electron chi connectivity index (χ2n) is 7.30. The van der Waals surface area contributed by atoms with E-state index in [1.807, 2.05) is 37.7 Å². The van der Waals surface area contributed by atoms with Gasteiger partial charge < -0.3 is 9.88 Å². The molecule has 29 heavy (non-hydrogen) atoms. The Balaban J connectivity index is 0.000000234. The Morgan fingerprint density at radius 1 is 1.28 bits per heavy atom. The van der Waals surface area contributed by atoms with Crippen molar-refractivity contribution >= 4 is 38.8 Å². The summed E-state index contributed by atoms with van der Waals surface area (Å²) >= 11 is 1.85. The number of thioether (sulfide) groups is 1. The van der Waals surface area contributed by atoms with Crippen molar-refractivity contribution in [1.82, 2.24) is 14.6 Å². The summed E-state index contributed by atoms with van der Waals surface area (Å²) in [4.78, 5) is 11.2. The summed E-state index contributed by atoms with van der Waals surface area (Å²) in [5.41, 5.74) is 1.20. The highest BCUT2D eigenvalue weighted by Gasteiger charge is 2.17. The molecular formula is C20H32N4O3S2. The molecular weight excluding hydrogens is 408 g/mol. The SMILES string of the molecule is CC(=NCCSc1c[nH]c2ccccc12)N(C)C.O=S(=O)(O)NC1CCCCC1. The van der Waals surface area contributed by atoms with Crippen LogP contribution in [0.25, 0.3) is 10.9 Å². The van der Waals surface area contributed by atoms with Crippen LogP contribution >= 0.6 is 11.8 Å². The summed E-state index contributed by atoms with van der Waals surface area (Å²) < 4.78 is 31.3. The molecule has 0 saturated heterocycles. The van der Waals surface area contributed by atoms with E-state index in [1.165, 1.54) is 22.2 Å². The van der Waals surface area contributed by atoms with E-state index >= 15 is 0 Å². The van der Waals surface area contributed by atoms with Gasteiger partial charge in [-0.3, -0.25) is 9.55 Å². The van der Waals surface area contributed by atoms with Crippen molar-refractivity contribution in [3.63, 3.8) is 0 Å². The molecule has 3 rings (SSSR count). The number of aromatic amines is 1. The summed E-state index contributed by atoms with van der Waals surface area (Å²) in [6, 6.07) is 8.35. The van der Waals surface area contributed by atoms with E-state index in [4.69, 9.17) is 4.55 Å². The van der Waals surface area contributed by atoms with Crippen molar-refractivity contribution in [2.75, 3.05) is 26.4 Å². The number of fused-ring (bicyclic) bond motifs is 1. The standard InChI is InChI=1S/C14H19N3S.C6H13NO3S/c1-11(17(2)3)15-8-9-18-14-10-16-13-7-5-4-6-12(13)14;8-11(9,10)7-6-4-2-1-3-5-6/h4-7,10,16H,8-9H2,1-3H3;6-7H,1-5H2,(H,8,9,10). The van der Waals surface area contributed by atoms with Crippen molar-refractivity contribution in [2.45, 2.75) is 50.0 Å². The van der Waals surface area contributed by atoms with E-state index < -0.39 is 10.3 Å². The van der Waals surface area contributed by atoms with Crippen LogP contribution in [0.1, 0.15) is 39.0 Å². The van der Waals surface area contributed by atoms with Crippen LogP contribution < -0.4 is 4.72 Å². The fourth-order valence-corrected chi connectivity index (χ4v) is 4.64. The molecule has 0 amide bonds. The molecule has 162 valence electrons. The maximum Gasteiger partial charge on any atom is 0.333 e. The smallest absolute Gasteiger partial charge is 0.333 e. The Labute approximate surface area is 178 Å². The highest BCUT2D eigenvalue weighted by Crippen LogP contribution is 2.27. The van der Waals surface area contributed by atoms with Crippen LogP contribution in [0.3, 0.4) is 0 Å². The quantitative estimate of drug-likeness (QED) is 0.208. The first-order chi connectivity index (χ1) is 13.8. The zero-order valence-corrected chi connectivity index (χ0v) is 19.0. The molecule has 1 aromatic heterocycles. The minimum Gasteiger partial charge on any atom is -0.367 e. The maximum absolute atomic E-state index is 10.3. The lowest BCUT2D eigenvalue weighted by Crippen LogP contribution is -2.35. The Hall–Kier alpha value is -1.55. The van der Waals surface area contributed by atoms with Crippen molar-refractivity contribution in [3.8, 4) is 0 Å². The van der Waals surface area contributed by atoms with Gasteiger partial charge >= 0.3 is 10.3 Å². The molecule has 0 aliphatic heterocycles. The molecule has 1 aliphatic carbocycles. The lowest BCUT2D eigenvalue weighted by Gasteiger charge is -2.20. The first-order valence-electron chi connectivity index (χ1n) is 9.88. The molecule has 0 spiro atoms. The van der Waals surface area contributed by atoms with Gasteiger partial charge in [-0.25, -0.2) is 0 Å². The maximum atomic E-state index is 10.3. The van der Waals surface area contributed by atoms with Crippen LogP contribution in [-0.4, -0.2) is 61.1 Å². The van der Waals surface area contributed by atoms with E-state index in [9.17, 15) is 8.42 Å². The van der Waals surface area contributed by atoms with Crippen molar-refractivity contribution in [1.29, 1.82) is 0 Å². The molecule has 2 aromatic rings. The number of nitrogens with zero attached hydrogens (tertiary/aromatic N) is 2. The minimum absolute atomic E-state index is 0.0428. The largest absolute Gasteiger partial charge is 0.367 e. The van der Waals surface area contributed by atoms with Gasteiger partial charge in [0.25, 0.3) is 0 Å². The summed E-state index contributed by atoms with van der Waals surface area (Å²) in [7, 11) is 0.0652. The number of nitrogens with one attached hydrogen (secondary N) is 2. The number of para-hydroxylation sites is 1. The summed E-state index contributed by atoms with van der Waals surface area (Å²) in [6.07, 6.45) is 7.04. The molecule has 0 unspecified atom stereocenters. The van der Waals surface area contributed by atoms with Gasteiger partial charge in [-0.15, -0.1) is 11.8 Å². The Morgan fingerprint density at radius 2 is 1.97 bits per heavy atom. The zero-order chi connectivity index (χ0) is 21.3. The third-order valence-corrected chi connectivity index (χ3v) is 6.48. The number of amidine groups is 1. The minimum atomic E-state index is -3.97. The average molecular weight is 441 g/mol. The van der Waals surface area contributed by atoms with E-state index in [1.54, 1.807) is 0 Å². The molecule has 7 nitrogen and oxygen atoms in total. The van der Waals surface area contributed by atoms with Crippen LogP contribution in [0.5, 0.6) is 0 Å². The molecule has 1 heterocycles. The number of aliphatic imine (C=N–C) groups is 1. The molecule has 1 aromatic carbocycles. The predicted octanol–water partition coefficient (Wildman–Crippen LogP) is 3.95. The van der Waals surface area contributed by atoms with Crippen LogP contribution in [0.2, 0.25) is 0 Å². The lowest BCUT2D eigenvalue weighted by molar-refractivity contribution is 0.389. The number of rotatable bonds is 6. The van der Waals surface area contributed by atoms with Gasteiger partial charge in [0.15, 0.2) is 0 Å². The van der Waals surface area contributed by atoms with E-state index in [0.29, 0.717) is 0 Å². The fourth-order valence-electron chi connectivity index (χ4n) is 3.10. The Morgan fingerprint density at radius 3 is 2.62 bits per heavy atom. The molecule has 0 atom stereocenters. The predicted molar refractivity (Wildman–Crippen MR) is 122 cm³/mol. The first-order valence-corrected chi connectivity index (χ1v) is 12.3. The second kappa shape index (κ2) is 11.6. The fraction of sp³-hybridized carbons (Fsp3) is 0.550. The zero-order valence-electron chi connectivity index (χ0n) is 17.4. The van der Waals surface area contributed by atoms with E-state index in [-0.39, 0.29) is 6.04 Å². The normalized spacial score (nSPS) is 15.8. The first kappa shape index (κ1) is 23.7. The second-order valence-corrected chi connectivity index (χ2v) is 9.62. The monoisotopic (exact) mass is 440 g/mol. The van der Waals surface area contributed by atoms with Crippen molar-refractivity contribution in [2.24, 2.45) is 4.99 Å². The van der Waals surface area contributed by atoms with Gasteiger partial charge in [-0.1, -0.05) is 37.5 Å². The molecule has 0 bridgehead atoms. The highest BCUT2D eigenvalue weighted by molar-refractivity contribution is 7.99. The lowest BCUT2D eigenvalue weighted by atomic mass is 9.96. The average Bonchev–Trinajstić information content (AvgIpc) is 3.08. The molecule has 3 N–H and O–H groups in total. The number of hydrogen-bond acceptors (Lipinski definition) is 4. The third-order valence-electron chi connectivity index (χ3n) is 4.81. The summed E-state index contributed by atoms with van der Waals surface area (Å²) in [6.45, 7) is 2.89. The van der Waals surface area contributed by atoms with Crippen LogP contribution in [0.4, 0.5) is 0 Å². The van der Waals surface area contributed by atoms with Gasteiger partial charge in [-0.2, -0.15) is 13.1 Å². The van der Waals surface area contributed by atoms with Crippen molar-refractivity contribution < 1.29 is 13.0 Å². The Kier molecular flexibility index (Phi) is 9.48. The topological polar surface area (TPSA) is 97.8 Å². The van der Waals surface area contributed by atoms with Gasteiger partial charge in [0.05, 0.1) is 12.4 Å². The molecule has 1 aliphatic rings. The van der Waals surface area contributed by atoms with Gasteiger partial charge in [0, 0.05) is 47.9 Å². The highest BCUT2D eigenvalue weighted by atomic mass is 32.2. The van der Waals surface area contributed by atoms with Gasteiger partial charge in [0.2, 0.25) is 0 Å². The molecule has 1 saturated carbocycles. The van der Waals surface area contributed by atoms with Crippen LogP contribution in [-0.2, 0) is 10.3 Å². The van der Waals surface area contributed by atoms with Crippen LogP contribution in [0.15, 0.2) is 40.4 Å². The molecule has 1 fully saturated rings. The van der Waals surface area contributed by atoms with Gasteiger partial charge in [0.1, 0.15) is 0 Å². The molecule has 9 heteroatoms. The van der Waals surface area contributed by atoms with Gasteiger partial charge in [-0.05, 0) is 25.8 Å². The van der Waals surface area contributed by atoms with E-state index in [2.05, 4.69) is 45.2 Å². The number of hydrogen-bond donors (Lipinski definition) is 3. The van der Waals surface area contributed by atoms with Crippen molar-refractivity contribution in [3.05, 3.63) is 30.5 Å². The van der Waals surface area contributed by atoms with Crippen LogP contribution in [0, 0.1) is 0 Å².